The molecule has 2 atom stereocenters. The Kier molecular flexibility index (Phi) is 2.28. The predicted octanol–water partition coefficient (Wildman–Crippen LogP) is 0.376. The van der Waals surface area contributed by atoms with Crippen LogP contribution in [0.3, 0.4) is 0 Å². The van der Waals surface area contributed by atoms with E-state index in [-0.39, 0.29) is 11.9 Å². The Morgan fingerprint density at radius 1 is 1.83 bits per heavy atom. The van der Waals surface area contributed by atoms with Crippen LogP contribution in [0.4, 0.5) is 4.79 Å². The molecule has 1 heterocycles. The molecule has 0 spiro atoms. The van der Waals surface area contributed by atoms with Crippen molar-refractivity contribution in [2.24, 2.45) is 5.92 Å². The molecular formula is C8H16N2O2. The van der Waals surface area contributed by atoms with Crippen LogP contribution in [0.25, 0.3) is 0 Å². The quantitative estimate of drug-likeness (QED) is 0.600. The summed E-state index contributed by atoms with van der Waals surface area (Å²) < 4.78 is 0. The number of nitrogens with one attached hydrogen (secondary N) is 1. The fourth-order valence-corrected chi connectivity index (χ4v) is 1.46. The molecule has 0 aliphatic carbocycles. The zero-order valence-electron chi connectivity index (χ0n) is 7.79. The SMILES string of the molecule is CCN1C(=O)NCC(C)C1(C)O. The van der Waals surface area contributed by atoms with E-state index in [1.54, 1.807) is 6.92 Å². The third-order valence-electron chi connectivity index (χ3n) is 2.60. The minimum atomic E-state index is -1.00. The predicted molar refractivity (Wildman–Crippen MR) is 45.6 cm³/mol. The topological polar surface area (TPSA) is 52.6 Å². The lowest BCUT2D eigenvalue weighted by molar-refractivity contribution is -0.115. The number of aliphatic hydroxyl groups is 1. The van der Waals surface area contributed by atoms with E-state index in [1.807, 2.05) is 13.8 Å². The molecule has 70 valence electrons. The van der Waals surface area contributed by atoms with E-state index in [2.05, 4.69) is 5.32 Å². The van der Waals surface area contributed by atoms with Gasteiger partial charge in [-0.05, 0) is 13.8 Å². The molecule has 1 saturated heterocycles. The minimum absolute atomic E-state index is 0.0650. The summed E-state index contributed by atoms with van der Waals surface area (Å²) in [4.78, 5) is 12.7. The first-order chi connectivity index (χ1) is 5.50. The van der Waals surface area contributed by atoms with Crippen LogP contribution in [0.5, 0.6) is 0 Å². The average molecular weight is 172 g/mol. The van der Waals surface area contributed by atoms with Gasteiger partial charge in [0.1, 0.15) is 5.72 Å². The number of amides is 2. The van der Waals surface area contributed by atoms with E-state index in [0.29, 0.717) is 13.1 Å². The first-order valence-corrected chi connectivity index (χ1v) is 4.28. The van der Waals surface area contributed by atoms with Gasteiger partial charge in [0.2, 0.25) is 0 Å². The van der Waals surface area contributed by atoms with Crippen LogP contribution in [0, 0.1) is 5.92 Å². The van der Waals surface area contributed by atoms with Crippen molar-refractivity contribution in [2.45, 2.75) is 26.5 Å². The van der Waals surface area contributed by atoms with Gasteiger partial charge in [0.25, 0.3) is 0 Å². The Hall–Kier alpha value is -0.770. The van der Waals surface area contributed by atoms with Crippen LogP contribution in [0.2, 0.25) is 0 Å². The summed E-state index contributed by atoms with van der Waals surface area (Å²) in [5.74, 6) is 0.0650. The highest BCUT2D eigenvalue weighted by Crippen LogP contribution is 2.24. The molecule has 2 amide bonds. The Balaban J connectivity index is 2.83. The average Bonchev–Trinajstić information content (AvgIpc) is 1.98. The number of urea groups is 1. The highest BCUT2D eigenvalue weighted by Gasteiger charge is 2.40. The van der Waals surface area contributed by atoms with Crippen LogP contribution in [-0.2, 0) is 0 Å². The molecule has 4 heteroatoms. The molecule has 0 aromatic rings. The number of hydrogen-bond donors (Lipinski definition) is 2. The number of nitrogens with zero attached hydrogens (tertiary/aromatic N) is 1. The lowest BCUT2D eigenvalue weighted by atomic mass is 9.96. The van der Waals surface area contributed by atoms with Crippen molar-refractivity contribution in [3.8, 4) is 0 Å². The monoisotopic (exact) mass is 172 g/mol. The maximum atomic E-state index is 11.2. The lowest BCUT2D eigenvalue weighted by Gasteiger charge is -2.44. The van der Waals surface area contributed by atoms with Crippen molar-refractivity contribution in [1.29, 1.82) is 0 Å². The Bertz CT molecular complexity index is 191. The highest BCUT2D eigenvalue weighted by atomic mass is 16.3. The maximum absolute atomic E-state index is 11.2. The molecule has 0 bridgehead atoms. The Labute approximate surface area is 72.6 Å². The molecule has 4 nitrogen and oxygen atoms in total. The molecule has 12 heavy (non-hydrogen) atoms. The van der Waals surface area contributed by atoms with Crippen LogP contribution in [-0.4, -0.2) is 34.9 Å². The summed E-state index contributed by atoms with van der Waals surface area (Å²) in [6.45, 7) is 6.53. The van der Waals surface area contributed by atoms with Crippen molar-refractivity contribution in [1.82, 2.24) is 10.2 Å². The van der Waals surface area contributed by atoms with Gasteiger partial charge in [-0.2, -0.15) is 0 Å². The van der Waals surface area contributed by atoms with Gasteiger partial charge in [-0.25, -0.2) is 4.79 Å². The molecule has 1 rings (SSSR count). The van der Waals surface area contributed by atoms with E-state index in [4.69, 9.17) is 0 Å². The van der Waals surface area contributed by atoms with Gasteiger partial charge in [0, 0.05) is 19.0 Å². The number of hydrogen-bond acceptors (Lipinski definition) is 2. The number of carbonyl (C=O) groups is 1. The van der Waals surface area contributed by atoms with Gasteiger partial charge in [-0.1, -0.05) is 6.92 Å². The summed E-state index contributed by atoms with van der Waals surface area (Å²) in [6, 6.07) is -0.180. The second-order valence-corrected chi connectivity index (χ2v) is 3.43. The molecule has 0 radical (unpaired) electrons. The maximum Gasteiger partial charge on any atom is 0.319 e. The molecule has 2 unspecified atom stereocenters. The summed E-state index contributed by atoms with van der Waals surface area (Å²) in [5, 5.41) is 12.7. The van der Waals surface area contributed by atoms with E-state index in [0.717, 1.165) is 0 Å². The van der Waals surface area contributed by atoms with Gasteiger partial charge in [-0.3, -0.25) is 4.90 Å². The highest BCUT2D eigenvalue weighted by molar-refractivity contribution is 5.75. The second-order valence-electron chi connectivity index (χ2n) is 3.43. The molecule has 2 N–H and O–H groups in total. The first-order valence-electron chi connectivity index (χ1n) is 4.28. The Morgan fingerprint density at radius 2 is 2.42 bits per heavy atom. The van der Waals surface area contributed by atoms with Crippen molar-refractivity contribution in [3.05, 3.63) is 0 Å². The summed E-state index contributed by atoms with van der Waals surface area (Å²) in [6.07, 6.45) is 0. The zero-order chi connectivity index (χ0) is 9.35. The molecule has 0 saturated carbocycles. The standard InChI is InChI=1S/C8H16N2O2/c1-4-10-7(11)9-5-6(2)8(10,3)12/h6,12H,4-5H2,1-3H3,(H,9,11). The summed E-state index contributed by atoms with van der Waals surface area (Å²) in [7, 11) is 0. The Morgan fingerprint density at radius 3 is 2.83 bits per heavy atom. The van der Waals surface area contributed by atoms with Crippen LogP contribution in [0.15, 0.2) is 0 Å². The summed E-state index contributed by atoms with van der Waals surface area (Å²) >= 11 is 0. The fourth-order valence-electron chi connectivity index (χ4n) is 1.46. The normalized spacial score (nSPS) is 36.5. The van der Waals surface area contributed by atoms with Crippen molar-refractivity contribution >= 4 is 6.03 Å². The van der Waals surface area contributed by atoms with E-state index in [1.165, 1.54) is 4.90 Å². The minimum Gasteiger partial charge on any atom is -0.371 e. The summed E-state index contributed by atoms with van der Waals surface area (Å²) in [5.41, 5.74) is -1.00. The van der Waals surface area contributed by atoms with Gasteiger partial charge in [-0.15, -0.1) is 0 Å². The van der Waals surface area contributed by atoms with Crippen molar-refractivity contribution in [2.75, 3.05) is 13.1 Å². The number of rotatable bonds is 1. The molecule has 1 aliphatic rings. The number of carbonyl (C=O) groups excluding carboxylic acids is 1. The van der Waals surface area contributed by atoms with E-state index >= 15 is 0 Å². The van der Waals surface area contributed by atoms with Crippen LogP contribution < -0.4 is 5.32 Å². The fraction of sp³-hybridized carbons (Fsp3) is 0.875. The van der Waals surface area contributed by atoms with Gasteiger partial charge in [0.15, 0.2) is 0 Å². The molecule has 1 aliphatic heterocycles. The van der Waals surface area contributed by atoms with Crippen LogP contribution in [0.1, 0.15) is 20.8 Å². The van der Waals surface area contributed by atoms with Crippen molar-refractivity contribution < 1.29 is 9.90 Å². The third-order valence-corrected chi connectivity index (χ3v) is 2.60. The zero-order valence-corrected chi connectivity index (χ0v) is 7.79. The largest absolute Gasteiger partial charge is 0.371 e. The third kappa shape index (κ3) is 1.27. The molecule has 0 aromatic heterocycles. The van der Waals surface area contributed by atoms with Gasteiger partial charge < -0.3 is 10.4 Å². The molecule has 1 fully saturated rings. The smallest absolute Gasteiger partial charge is 0.319 e. The van der Waals surface area contributed by atoms with E-state index < -0.39 is 5.72 Å². The molecule has 0 aromatic carbocycles. The second kappa shape index (κ2) is 2.94. The van der Waals surface area contributed by atoms with Crippen molar-refractivity contribution in [3.63, 3.8) is 0 Å². The first kappa shape index (κ1) is 9.32. The van der Waals surface area contributed by atoms with E-state index in [9.17, 15) is 9.90 Å². The van der Waals surface area contributed by atoms with Gasteiger partial charge >= 0.3 is 6.03 Å². The molecular weight excluding hydrogens is 156 g/mol. The van der Waals surface area contributed by atoms with Gasteiger partial charge in [0.05, 0.1) is 0 Å². The van der Waals surface area contributed by atoms with Crippen LogP contribution >= 0.6 is 0 Å². The lowest BCUT2D eigenvalue weighted by Crippen LogP contribution is -2.63.